The van der Waals surface area contributed by atoms with Crippen molar-refractivity contribution in [3.8, 4) is 0 Å². The van der Waals surface area contributed by atoms with Crippen LogP contribution in [0, 0.1) is 5.92 Å². The second-order valence-corrected chi connectivity index (χ2v) is 6.99. The summed E-state index contributed by atoms with van der Waals surface area (Å²) in [5, 5.41) is 0.537. The maximum absolute atomic E-state index is 12.3. The van der Waals surface area contributed by atoms with Gasteiger partial charge in [0.15, 0.2) is 0 Å². The number of hydrogen-bond donors (Lipinski definition) is 0. The molecule has 2 aromatic heterocycles. The van der Waals surface area contributed by atoms with Crippen molar-refractivity contribution in [2.24, 2.45) is 5.92 Å². The van der Waals surface area contributed by atoms with Crippen LogP contribution in [0.3, 0.4) is 0 Å². The topological polar surface area (TPSA) is 46.8 Å². The van der Waals surface area contributed by atoms with E-state index in [9.17, 15) is 4.79 Å². The van der Waals surface area contributed by atoms with Crippen LogP contribution in [-0.4, -0.2) is 40.1 Å². The average Bonchev–Trinajstić information content (AvgIpc) is 3.25. The summed E-state index contributed by atoms with van der Waals surface area (Å²) < 4.78 is 6.99. The van der Waals surface area contributed by atoms with Gasteiger partial charge in [0.05, 0.1) is 17.3 Å². The Hall–Kier alpha value is -1.43. The number of pyridine rings is 1. The minimum Gasteiger partial charge on any atom is -0.381 e. The van der Waals surface area contributed by atoms with Crippen LogP contribution in [0.1, 0.15) is 25.0 Å². The lowest BCUT2D eigenvalue weighted by atomic mass is 10.1. The van der Waals surface area contributed by atoms with Crippen LogP contribution in [0.15, 0.2) is 29.2 Å². The monoisotopic (exact) mass is 333 g/mol. The molecule has 2 aromatic rings. The van der Waals surface area contributed by atoms with Crippen molar-refractivity contribution in [3.05, 3.63) is 45.5 Å². The third-order valence-electron chi connectivity index (χ3n) is 4.62. The SMILES string of the molecule is O=c1cc(CN(C[C@H]2CCOC2)C2CC2)nc2ccc(Cl)cn12. The molecule has 1 aliphatic heterocycles. The number of aromatic nitrogens is 2. The van der Waals surface area contributed by atoms with E-state index in [1.807, 2.05) is 0 Å². The summed E-state index contributed by atoms with van der Waals surface area (Å²) in [4.78, 5) is 19.4. The van der Waals surface area contributed by atoms with E-state index >= 15 is 0 Å². The van der Waals surface area contributed by atoms with E-state index in [0.29, 0.717) is 22.6 Å². The molecule has 1 saturated carbocycles. The highest BCUT2D eigenvalue weighted by molar-refractivity contribution is 6.30. The van der Waals surface area contributed by atoms with Crippen molar-refractivity contribution in [1.82, 2.24) is 14.3 Å². The molecule has 6 heteroatoms. The van der Waals surface area contributed by atoms with Crippen molar-refractivity contribution >= 4 is 17.2 Å². The molecule has 122 valence electrons. The molecule has 0 N–H and O–H groups in total. The van der Waals surface area contributed by atoms with Crippen molar-refractivity contribution in [2.45, 2.75) is 31.8 Å². The smallest absolute Gasteiger partial charge is 0.258 e. The van der Waals surface area contributed by atoms with E-state index in [0.717, 1.165) is 38.4 Å². The van der Waals surface area contributed by atoms with Gasteiger partial charge in [0.25, 0.3) is 5.56 Å². The molecule has 1 aliphatic carbocycles. The third-order valence-corrected chi connectivity index (χ3v) is 4.85. The van der Waals surface area contributed by atoms with Crippen LogP contribution in [0.2, 0.25) is 5.02 Å². The maximum atomic E-state index is 12.3. The molecule has 0 spiro atoms. The maximum Gasteiger partial charge on any atom is 0.258 e. The summed E-state index contributed by atoms with van der Waals surface area (Å²) in [5.41, 5.74) is 1.41. The van der Waals surface area contributed by atoms with E-state index in [2.05, 4.69) is 9.88 Å². The molecule has 2 aliphatic rings. The van der Waals surface area contributed by atoms with E-state index in [1.165, 1.54) is 17.2 Å². The summed E-state index contributed by atoms with van der Waals surface area (Å²) in [6.45, 7) is 3.50. The average molecular weight is 334 g/mol. The highest BCUT2D eigenvalue weighted by atomic mass is 35.5. The van der Waals surface area contributed by atoms with E-state index in [-0.39, 0.29) is 5.56 Å². The Kier molecular flexibility index (Phi) is 4.09. The highest BCUT2D eigenvalue weighted by Crippen LogP contribution is 2.30. The van der Waals surface area contributed by atoms with Crippen molar-refractivity contribution in [3.63, 3.8) is 0 Å². The fourth-order valence-corrected chi connectivity index (χ4v) is 3.42. The van der Waals surface area contributed by atoms with Crippen LogP contribution in [0.4, 0.5) is 0 Å². The van der Waals surface area contributed by atoms with E-state index in [4.69, 9.17) is 16.3 Å². The Morgan fingerprint density at radius 3 is 2.96 bits per heavy atom. The first-order valence-electron chi connectivity index (χ1n) is 8.19. The molecule has 4 rings (SSSR count). The third kappa shape index (κ3) is 3.42. The molecular formula is C17H20ClN3O2. The minimum absolute atomic E-state index is 0.0764. The lowest BCUT2D eigenvalue weighted by Gasteiger charge is -2.24. The van der Waals surface area contributed by atoms with Gasteiger partial charge in [0.2, 0.25) is 0 Å². The van der Waals surface area contributed by atoms with Gasteiger partial charge in [-0.2, -0.15) is 0 Å². The summed E-state index contributed by atoms with van der Waals surface area (Å²) in [6.07, 6.45) is 5.24. The summed E-state index contributed by atoms with van der Waals surface area (Å²) >= 11 is 5.95. The van der Waals surface area contributed by atoms with Gasteiger partial charge in [-0.25, -0.2) is 4.98 Å². The molecule has 1 atom stereocenters. The summed E-state index contributed by atoms with van der Waals surface area (Å²) in [6, 6.07) is 5.83. The lowest BCUT2D eigenvalue weighted by molar-refractivity contribution is 0.161. The second-order valence-electron chi connectivity index (χ2n) is 6.55. The molecule has 2 fully saturated rings. The standard InChI is InChI=1S/C17H20ClN3O2/c18-13-1-4-16-19-14(7-17(22)21(16)9-13)10-20(15-2-3-15)8-12-5-6-23-11-12/h1,4,7,9,12,15H,2-3,5-6,8,10-11H2/t12-/m1/s1. The van der Waals surface area contributed by atoms with Crippen LogP contribution in [0.5, 0.6) is 0 Å². The Balaban J connectivity index is 1.57. The molecule has 0 aromatic carbocycles. The van der Waals surface area contributed by atoms with Gasteiger partial charge in [-0.05, 0) is 37.3 Å². The lowest BCUT2D eigenvalue weighted by Crippen LogP contribution is -2.32. The number of rotatable bonds is 5. The van der Waals surface area contributed by atoms with Gasteiger partial charge in [-0.15, -0.1) is 0 Å². The van der Waals surface area contributed by atoms with Crippen LogP contribution < -0.4 is 5.56 Å². The quantitative estimate of drug-likeness (QED) is 0.842. The minimum atomic E-state index is -0.0764. The fraction of sp³-hybridized carbons (Fsp3) is 0.529. The van der Waals surface area contributed by atoms with Crippen LogP contribution >= 0.6 is 11.6 Å². The first-order valence-corrected chi connectivity index (χ1v) is 8.56. The predicted molar refractivity (Wildman–Crippen MR) is 88.8 cm³/mol. The molecule has 0 amide bonds. The van der Waals surface area contributed by atoms with Crippen LogP contribution in [0.25, 0.3) is 5.65 Å². The Morgan fingerprint density at radius 1 is 1.35 bits per heavy atom. The molecule has 3 heterocycles. The van der Waals surface area contributed by atoms with Gasteiger partial charge >= 0.3 is 0 Å². The van der Waals surface area contributed by atoms with Gasteiger partial charge < -0.3 is 4.74 Å². The van der Waals surface area contributed by atoms with E-state index < -0.39 is 0 Å². The van der Waals surface area contributed by atoms with Crippen molar-refractivity contribution < 1.29 is 4.74 Å². The zero-order valence-corrected chi connectivity index (χ0v) is 13.7. The van der Waals surface area contributed by atoms with Gasteiger partial charge in [-0.1, -0.05) is 11.6 Å². The first kappa shape index (κ1) is 15.1. The number of ether oxygens (including phenoxy) is 1. The predicted octanol–water partition coefficient (Wildman–Crippen LogP) is 2.35. The van der Waals surface area contributed by atoms with E-state index in [1.54, 1.807) is 24.4 Å². The Bertz CT molecular complexity index is 766. The summed E-state index contributed by atoms with van der Waals surface area (Å²) in [5.74, 6) is 0.607. The number of hydrogen-bond acceptors (Lipinski definition) is 4. The fourth-order valence-electron chi connectivity index (χ4n) is 3.26. The van der Waals surface area contributed by atoms with Gasteiger partial charge in [0.1, 0.15) is 5.65 Å². The van der Waals surface area contributed by atoms with Crippen molar-refractivity contribution in [2.75, 3.05) is 19.8 Å². The summed E-state index contributed by atoms with van der Waals surface area (Å²) in [7, 11) is 0. The highest BCUT2D eigenvalue weighted by Gasteiger charge is 2.31. The van der Waals surface area contributed by atoms with Gasteiger partial charge in [-0.3, -0.25) is 14.1 Å². The first-order chi connectivity index (χ1) is 11.2. The normalized spacial score (nSPS) is 21.4. The number of halogens is 1. The molecule has 0 bridgehead atoms. The molecule has 5 nitrogen and oxygen atoms in total. The number of nitrogens with zero attached hydrogens (tertiary/aromatic N) is 3. The largest absolute Gasteiger partial charge is 0.381 e. The van der Waals surface area contributed by atoms with Crippen LogP contribution in [-0.2, 0) is 11.3 Å². The van der Waals surface area contributed by atoms with Crippen molar-refractivity contribution in [1.29, 1.82) is 0 Å². The molecule has 1 saturated heterocycles. The van der Waals surface area contributed by atoms with Gasteiger partial charge in [0, 0.05) is 38.0 Å². The molecule has 0 radical (unpaired) electrons. The molecular weight excluding hydrogens is 314 g/mol. The molecule has 0 unspecified atom stereocenters. The Labute approximate surface area is 139 Å². The number of fused-ring (bicyclic) bond motifs is 1. The zero-order valence-electron chi connectivity index (χ0n) is 12.9. The molecule has 23 heavy (non-hydrogen) atoms. The zero-order chi connectivity index (χ0) is 15.8. The second kappa shape index (κ2) is 6.23. The Morgan fingerprint density at radius 2 is 2.22 bits per heavy atom.